The summed E-state index contributed by atoms with van der Waals surface area (Å²) in [6.07, 6.45) is 2.82. The predicted octanol–water partition coefficient (Wildman–Crippen LogP) is 2.63. The van der Waals surface area contributed by atoms with Crippen LogP contribution in [0, 0.1) is 0 Å². The van der Waals surface area contributed by atoms with Gasteiger partial charge in [0.1, 0.15) is 0 Å². The maximum absolute atomic E-state index is 11.6. The van der Waals surface area contributed by atoms with Crippen LogP contribution < -0.4 is 4.31 Å². The lowest BCUT2D eigenvalue weighted by atomic mass is 9.99. The number of benzene rings is 1. The van der Waals surface area contributed by atoms with Crippen molar-refractivity contribution in [2.24, 2.45) is 0 Å². The van der Waals surface area contributed by atoms with Crippen LogP contribution >= 0.6 is 0 Å². The van der Waals surface area contributed by atoms with Gasteiger partial charge in [0, 0.05) is 12.1 Å². The molecule has 0 aromatic heterocycles. The van der Waals surface area contributed by atoms with Gasteiger partial charge in [-0.1, -0.05) is 13.8 Å². The number of carbonyl (C=O) groups is 1. The zero-order valence-electron chi connectivity index (χ0n) is 11.9. The van der Waals surface area contributed by atoms with E-state index in [1.165, 1.54) is 17.5 Å². The van der Waals surface area contributed by atoms with Gasteiger partial charge in [-0.2, -0.15) is 0 Å². The van der Waals surface area contributed by atoms with Gasteiger partial charge in [-0.25, -0.2) is 8.42 Å². The van der Waals surface area contributed by atoms with E-state index in [0.29, 0.717) is 17.8 Å². The summed E-state index contributed by atoms with van der Waals surface area (Å²) in [5.74, 6) is 0.00396. The number of sulfonamides is 1. The molecule has 106 valence electrons. The minimum atomic E-state index is -3.22. The van der Waals surface area contributed by atoms with Gasteiger partial charge >= 0.3 is 0 Å². The summed E-state index contributed by atoms with van der Waals surface area (Å²) in [6.45, 7) is 6.03. The highest BCUT2D eigenvalue weighted by Crippen LogP contribution is 2.29. The first-order valence-corrected chi connectivity index (χ1v) is 8.36. The molecular formula is C14H21NO3S. The number of fused-ring (bicyclic) bond motifs is 1. The van der Waals surface area contributed by atoms with Gasteiger partial charge in [-0.15, -0.1) is 0 Å². The summed E-state index contributed by atoms with van der Waals surface area (Å²) >= 11 is 0. The summed E-state index contributed by atoms with van der Waals surface area (Å²) in [5.41, 5.74) is 2.29. The lowest BCUT2D eigenvalue weighted by molar-refractivity contribution is 0.101. The van der Waals surface area contributed by atoms with Gasteiger partial charge < -0.3 is 0 Å². The molecule has 1 aliphatic heterocycles. The van der Waals surface area contributed by atoms with E-state index in [9.17, 15) is 13.2 Å². The maximum atomic E-state index is 11.6. The fourth-order valence-electron chi connectivity index (χ4n) is 2.13. The number of aryl methyl sites for hydroxylation is 1. The molecule has 0 N–H and O–H groups in total. The van der Waals surface area contributed by atoms with E-state index in [4.69, 9.17) is 0 Å². The molecule has 5 heteroatoms. The van der Waals surface area contributed by atoms with Crippen LogP contribution in [-0.2, 0) is 16.4 Å². The van der Waals surface area contributed by atoms with Crippen molar-refractivity contribution in [3.8, 4) is 0 Å². The molecule has 0 fully saturated rings. The van der Waals surface area contributed by atoms with Crippen molar-refractivity contribution in [3.05, 3.63) is 29.3 Å². The predicted molar refractivity (Wildman–Crippen MR) is 78.3 cm³/mol. The van der Waals surface area contributed by atoms with Crippen molar-refractivity contribution >= 4 is 21.5 Å². The second-order valence-corrected chi connectivity index (χ2v) is 6.25. The average molecular weight is 283 g/mol. The molecule has 0 unspecified atom stereocenters. The van der Waals surface area contributed by atoms with Gasteiger partial charge in [0.2, 0.25) is 10.0 Å². The van der Waals surface area contributed by atoms with Crippen LogP contribution in [0.25, 0.3) is 0 Å². The lowest BCUT2D eigenvalue weighted by Crippen LogP contribution is -2.34. The molecule has 0 radical (unpaired) electrons. The monoisotopic (exact) mass is 283 g/mol. The van der Waals surface area contributed by atoms with E-state index in [1.807, 2.05) is 13.8 Å². The van der Waals surface area contributed by atoms with Crippen LogP contribution in [0.2, 0.25) is 0 Å². The number of hydrogen-bond donors (Lipinski definition) is 0. The third kappa shape index (κ3) is 3.56. The van der Waals surface area contributed by atoms with Gasteiger partial charge in [-0.3, -0.25) is 9.10 Å². The zero-order valence-corrected chi connectivity index (χ0v) is 12.8. The van der Waals surface area contributed by atoms with Crippen molar-refractivity contribution in [1.82, 2.24) is 0 Å². The first-order chi connectivity index (χ1) is 8.89. The van der Waals surface area contributed by atoms with Crippen LogP contribution in [0.4, 0.5) is 5.69 Å². The second-order valence-electron chi connectivity index (χ2n) is 4.34. The number of anilines is 1. The van der Waals surface area contributed by atoms with Crippen LogP contribution in [0.5, 0.6) is 0 Å². The molecule has 0 aliphatic carbocycles. The Morgan fingerprint density at radius 1 is 1.26 bits per heavy atom. The van der Waals surface area contributed by atoms with E-state index < -0.39 is 10.0 Å². The number of hydrogen-bond acceptors (Lipinski definition) is 3. The van der Waals surface area contributed by atoms with E-state index in [-0.39, 0.29) is 5.78 Å². The quantitative estimate of drug-likeness (QED) is 0.784. The minimum Gasteiger partial charge on any atom is -0.295 e. The SMILES string of the molecule is CC.CC(=O)c1ccc2c(c1)CCCN2S(C)(=O)=O. The topological polar surface area (TPSA) is 54.5 Å². The van der Waals surface area contributed by atoms with Gasteiger partial charge in [0.05, 0.1) is 11.9 Å². The van der Waals surface area contributed by atoms with E-state index >= 15 is 0 Å². The first kappa shape index (κ1) is 15.7. The summed E-state index contributed by atoms with van der Waals surface area (Å²) < 4.78 is 24.7. The summed E-state index contributed by atoms with van der Waals surface area (Å²) in [6, 6.07) is 5.21. The normalized spacial score (nSPS) is 14.2. The van der Waals surface area contributed by atoms with Crippen molar-refractivity contribution in [2.75, 3.05) is 17.1 Å². The lowest BCUT2D eigenvalue weighted by Gasteiger charge is -2.29. The molecule has 0 saturated carbocycles. The number of ketones is 1. The molecule has 2 rings (SSSR count). The fourth-order valence-corrected chi connectivity index (χ4v) is 3.12. The Hall–Kier alpha value is -1.36. The molecule has 1 aromatic rings. The molecule has 1 heterocycles. The molecule has 1 aliphatic rings. The average Bonchev–Trinajstić information content (AvgIpc) is 2.38. The number of Topliss-reactive ketones (excluding diaryl/α,β-unsaturated/α-hetero) is 1. The molecule has 19 heavy (non-hydrogen) atoms. The van der Waals surface area contributed by atoms with Crippen molar-refractivity contribution in [2.45, 2.75) is 33.6 Å². The Labute approximate surface area is 115 Å². The third-order valence-electron chi connectivity index (χ3n) is 2.96. The highest BCUT2D eigenvalue weighted by molar-refractivity contribution is 7.92. The van der Waals surface area contributed by atoms with Crippen molar-refractivity contribution < 1.29 is 13.2 Å². The van der Waals surface area contributed by atoms with E-state index in [2.05, 4.69) is 0 Å². The largest absolute Gasteiger partial charge is 0.295 e. The zero-order chi connectivity index (χ0) is 14.6. The third-order valence-corrected chi connectivity index (χ3v) is 4.14. The Kier molecular flexibility index (Phi) is 5.11. The highest BCUT2D eigenvalue weighted by Gasteiger charge is 2.24. The highest BCUT2D eigenvalue weighted by atomic mass is 32.2. The Morgan fingerprint density at radius 2 is 1.89 bits per heavy atom. The molecule has 1 aromatic carbocycles. The molecule has 4 nitrogen and oxygen atoms in total. The first-order valence-electron chi connectivity index (χ1n) is 6.51. The molecule has 0 bridgehead atoms. The molecule has 0 saturated heterocycles. The van der Waals surface area contributed by atoms with Gasteiger partial charge in [0.15, 0.2) is 5.78 Å². The van der Waals surface area contributed by atoms with Crippen LogP contribution in [0.3, 0.4) is 0 Å². The van der Waals surface area contributed by atoms with Crippen LogP contribution in [-0.4, -0.2) is 27.0 Å². The van der Waals surface area contributed by atoms with Crippen LogP contribution in [0.15, 0.2) is 18.2 Å². The summed E-state index contributed by atoms with van der Waals surface area (Å²) in [7, 11) is -3.22. The smallest absolute Gasteiger partial charge is 0.232 e. The second kappa shape index (κ2) is 6.19. The molecule has 0 amide bonds. The Bertz CT molecular complexity index is 564. The van der Waals surface area contributed by atoms with Gasteiger partial charge in [-0.05, 0) is 43.5 Å². The molecule has 0 atom stereocenters. The molecule has 0 spiro atoms. The Balaban J connectivity index is 0.000000861. The van der Waals surface area contributed by atoms with Crippen molar-refractivity contribution in [3.63, 3.8) is 0 Å². The number of carbonyl (C=O) groups excluding carboxylic acids is 1. The maximum Gasteiger partial charge on any atom is 0.232 e. The minimum absolute atomic E-state index is 0.00396. The van der Waals surface area contributed by atoms with Gasteiger partial charge in [0.25, 0.3) is 0 Å². The fraction of sp³-hybridized carbons (Fsp3) is 0.500. The van der Waals surface area contributed by atoms with E-state index in [1.54, 1.807) is 18.2 Å². The Morgan fingerprint density at radius 3 is 2.42 bits per heavy atom. The summed E-state index contributed by atoms with van der Waals surface area (Å²) in [5, 5.41) is 0. The number of nitrogens with zero attached hydrogens (tertiary/aromatic N) is 1. The van der Waals surface area contributed by atoms with Crippen molar-refractivity contribution in [1.29, 1.82) is 0 Å². The van der Waals surface area contributed by atoms with E-state index in [0.717, 1.165) is 18.4 Å². The summed E-state index contributed by atoms with van der Waals surface area (Å²) in [4.78, 5) is 11.3. The number of rotatable bonds is 2. The standard InChI is InChI=1S/C12H15NO3S.C2H6/c1-9(14)10-5-6-12-11(8-10)4-3-7-13(12)17(2,15)16;1-2/h5-6,8H,3-4,7H2,1-2H3;1-2H3. The molecular weight excluding hydrogens is 262 g/mol. The van der Waals surface area contributed by atoms with Crippen LogP contribution in [0.1, 0.15) is 43.1 Å².